The Morgan fingerprint density at radius 3 is 2.52 bits per heavy atom. The van der Waals surface area contributed by atoms with Crippen molar-refractivity contribution in [3.8, 4) is 0 Å². The van der Waals surface area contributed by atoms with E-state index in [-0.39, 0.29) is 11.3 Å². The van der Waals surface area contributed by atoms with Gasteiger partial charge >= 0.3 is 5.97 Å². The van der Waals surface area contributed by atoms with Gasteiger partial charge in [-0.05, 0) is 48.6 Å². The van der Waals surface area contributed by atoms with Crippen molar-refractivity contribution in [2.45, 2.75) is 63.1 Å². The standard InChI is InChI=1S/C23H28N2O5S/c1-3-4-12-21(23(27)28)25(31(29,30)19-11-7-8-16(2)13-19)22(26)20-14-17-9-5-6-10-18(17)15-24-20/h5-11,13,20-21,24H,3-4,12,14-15H2,1-2H3,(H,27,28)/t20-,21-/m0/s1. The minimum atomic E-state index is -4.36. The number of amides is 1. The van der Waals surface area contributed by atoms with E-state index >= 15 is 0 Å². The Hall–Kier alpha value is -2.71. The van der Waals surface area contributed by atoms with E-state index in [1.807, 2.05) is 31.2 Å². The summed E-state index contributed by atoms with van der Waals surface area (Å²) in [5.74, 6) is -2.06. The summed E-state index contributed by atoms with van der Waals surface area (Å²) < 4.78 is 27.7. The van der Waals surface area contributed by atoms with E-state index in [0.29, 0.717) is 35.7 Å². The maximum Gasteiger partial charge on any atom is 0.327 e. The number of hydrogen-bond donors (Lipinski definition) is 2. The molecule has 1 aliphatic rings. The average molecular weight is 445 g/mol. The second-order valence-corrected chi connectivity index (χ2v) is 9.67. The highest BCUT2D eigenvalue weighted by Gasteiger charge is 2.42. The monoisotopic (exact) mass is 444 g/mol. The molecular formula is C23H28N2O5S. The number of aryl methyl sites for hydroxylation is 1. The highest BCUT2D eigenvalue weighted by molar-refractivity contribution is 7.89. The molecular weight excluding hydrogens is 416 g/mol. The molecule has 1 aliphatic heterocycles. The van der Waals surface area contributed by atoms with E-state index < -0.39 is 34.0 Å². The minimum Gasteiger partial charge on any atom is -0.480 e. The van der Waals surface area contributed by atoms with E-state index in [9.17, 15) is 23.1 Å². The van der Waals surface area contributed by atoms with Crippen molar-refractivity contribution in [3.05, 3.63) is 65.2 Å². The summed E-state index contributed by atoms with van der Waals surface area (Å²) >= 11 is 0. The summed E-state index contributed by atoms with van der Waals surface area (Å²) in [7, 11) is -4.36. The van der Waals surface area contributed by atoms with Gasteiger partial charge in [-0.15, -0.1) is 0 Å². The second kappa shape index (κ2) is 9.62. The van der Waals surface area contributed by atoms with Crippen LogP contribution in [0.2, 0.25) is 0 Å². The van der Waals surface area contributed by atoms with Crippen LogP contribution < -0.4 is 5.32 Å². The van der Waals surface area contributed by atoms with E-state index in [1.165, 1.54) is 12.1 Å². The largest absolute Gasteiger partial charge is 0.480 e. The van der Waals surface area contributed by atoms with Gasteiger partial charge in [-0.25, -0.2) is 17.5 Å². The topological polar surface area (TPSA) is 104 Å². The number of rotatable bonds is 8. The maximum absolute atomic E-state index is 13.5. The fraction of sp³-hybridized carbons (Fsp3) is 0.391. The van der Waals surface area contributed by atoms with Crippen molar-refractivity contribution in [2.24, 2.45) is 0 Å². The van der Waals surface area contributed by atoms with Crippen LogP contribution in [0.3, 0.4) is 0 Å². The first-order valence-corrected chi connectivity index (χ1v) is 11.9. The summed E-state index contributed by atoms with van der Waals surface area (Å²) in [5, 5.41) is 13.0. The van der Waals surface area contributed by atoms with E-state index in [1.54, 1.807) is 19.1 Å². The molecule has 0 radical (unpaired) electrons. The van der Waals surface area contributed by atoms with Gasteiger partial charge in [-0.2, -0.15) is 0 Å². The van der Waals surface area contributed by atoms with Crippen molar-refractivity contribution in [1.29, 1.82) is 0 Å². The molecule has 0 unspecified atom stereocenters. The van der Waals surface area contributed by atoms with Gasteiger partial charge in [-0.3, -0.25) is 4.79 Å². The van der Waals surface area contributed by atoms with E-state index in [2.05, 4.69) is 5.32 Å². The molecule has 3 rings (SSSR count). The number of carbonyl (C=O) groups excluding carboxylic acids is 1. The Labute approximate surface area is 183 Å². The third-order valence-corrected chi connectivity index (χ3v) is 7.34. The number of benzene rings is 2. The molecule has 0 bridgehead atoms. The van der Waals surface area contributed by atoms with Gasteiger partial charge in [0.05, 0.1) is 10.9 Å². The SMILES string of the molecule is CCCC[C@@H](C(=O)O)N(C(=O)[C@@H]1Cc2ccccc2CN1)S(=O)(=O)c1cccc(C)c1. The lowest BCUT2D eigenvalue weighted by Gasteiger charge is -2.33. The number of sulfonamides is 1. The molecule has 8 heteroatoms. The minimum absolute atomic E-state index is 0.0614. The van der Waals surface area contributed by atoms with Crippen LogP contribution in [0.5, 0.6) is 0 Å². The maximum atomic E-state index is 13.5. The van der Waals surface area contributed by atoms with Gasteiger partial charge in [-0.1, -0.05) is 56.2 Å². The predicted molar refractivity (Wildman–Crippen MR) is 117 cm³/mol. The Morgan fingerprint density at radius 1 is 1.16 bits per heavy atom. The van der Waals surface area contributed by atoms with Gasteiger partial charge in [0.1, 0.15) is 6.04 Å². The van der Waals surface area contributed by atoms with Crippen molar-refractivity contribution in [1.82, 2.24) is 9.62 Å². The van der Waals surface area contributed by atoms with Gasteiger partial charge < -0.3 is 10.4 Å². The lowest BCUT2D eigenvalue weighted by atomic mass is 9.95. The number of carbonyl (C=O) groups is 2. The second-order valence-electron chi connectivity index (χ2n) is 7.86. The van der Waals surface area contributed by atoms with E-state index in [4.69, 9.17) is 0 Å². The summed E-state index contributed by atoms with van der Waals surface area (Å²) in [6.45, 7) is 4.05. The molecule has 0 aliphatic carbocycles. The van der Waals surface area contributed by atoms with Crippen LogP contribution in [-0.4, -0.2) is 41.8 Å². The number of nitrogens with one attached hydrogen (secondary N) is 1. The third kappa shape index (κ3) is 4.97. The van der Waals surface area contributed by atoms with Crippen LogP contribution in [0.4, 0.5) is 0 Å². The van der Waals surface area contributed by atoms with Crippen molar-refractivity contribution < 1.29 is 23.1 Å². The highest BCUT2D eigenvalue weighted by Crippen LogP contribution is 2.26. The van der Waals surface area contributed by atoms with E-state index in [0.717, 1.165) is 11.1 Å². The molecule has 0 fully saturated rings. The van der Waals surface area contributed by atoms with Crippen molar-refractivity contribution in [2.75, 3.05) is 0 Å². The molecule has 2 aromatic carbocycles. The summed E-state index contributed by atoms with van der Waals surface area (Å²) in [5.41, 5.74) is 2.70. The molecule has 1 amide bonds. The van der Waals surface area contributed by atoms with Crippen LogP contribution in [0, 0.1) is 6.92 Å². The molecule has 0 saturated carbocycles. The molecule has 0 aromatic heterocycles. The number of unbranched alkanes of at least 4 members (excludes halogenated alkanes) is 1. The van der Waals surface area contributed by atoms with Crippen molar-refractivity contribution >= 4 is 21.9 Å². The number of nitrogens with zero attached hydrogens (tertiary/aromatic N) is 1. The van der Waals surface area contributed by atoms with Crippen LogP contribution >= 0.6 is 0 Å². The molecule has 31 heavy (non-hydrogen) atoms. The first-order valence-electron chi connectivity index (χ1n) is 10.4. The normalized spacial score (nSPS) is 16.9. The highest BCUT2D eigenvalue weighted by atomic mass is 32.2. The number of hydrogen-bond acceptors (Lipinski definition) is 5. The number of carboxylic acid groups (broad SMARTS) is 1. The quantitative estimate of drug-likeness (QED) is 0.649. The fourth-order valence-corrected chi connectivity index (χ4v) is 5.56. The fourth-order valence-electron chi connectivity index (χ4n) is 3.85. The first kappa shape index (κ1) is 23.0. The van der Waals surface area contributed by atoms with Crippen molar-refractivity contribution in [3.63, 3.8) is 0 Å². The number of aliphatic carboxylic acids is 1. The van der Waals surface area contributed by atoms with Gasteiger partial charge in [0, 0.05) is 6.54 Å². The Morgan fingerprint density at radius 2 is 1.87 bits per heavy atom. The molecule has 0 saturated heterocycles. The molecule has 2 aromatic rings. The lowest BCUT2D eigenvalue weighted by Crippen LogP contribution is -2.56. The Balaban J connectivity index is 2.03. The van der Waals surface area contributed by atoms with Crippen LogP contribution in [0.25, 0.3) is 0 Å². The van der Waals surface area contributed by atoms with Gasteiger partial charge in [0.2, 0.25) is 0 Å². The smallest absolute Gasteiger partial charge is 0.327 e. The average Bonchev–Trinajstić information content (AvgIpc) is 2.75. The zero-order valence-corrected chi connectivity index (χ0v) is 18.6. The lowest BCUT2D eigenvalue weighted by molar-refractivity contribution is -0.147. The Kier molecular flexibility index (Phi) is 7.12. The molecule has 0 spiro atoms. The summed E-state index contributed by atoms with van der Waals surface area (Å²) in [6.07, 6.45) is 1.54. The third-order valence-electron chi connectivity index (χ3n) is 5.54. The zero-order chi connectivity index (χ0) is 22.6. The molecule has 1 heterocycles. The molecule has 7 nitrogen and oxygen atoms in total. The molecule has 2 N–H and O–H groups in total. The first-order chi connectivity index (χ1) is 14.8. The summed E-state index contributed by atoms with van der Waals surface area (Å²) in [4.78, 5) is 25.6. The van der Waals surface area contributed by atoms with Gasteiger partial charge in [0.25, 0.3) is 15.9 Å². The summed E-state index contributed by atoms with van der Waals surface area (Å²) in [6, 6.07) is 11.5. The van der Waals surface area contributed by atoms with Crippen LogP contribution in [0.15, 0.2) is 53.4 Å². The number of fused-ring (bicyclic) bond motifs is 1. The zero-order valence-electron chi connectivity index (χ0n) is 17.7. The molecule has 2 atom stereocenters. The Bertz CT molecular complexity index is 1070. The predicted octanol–water partition coefficient (Wildman–Crippen LogP) is 2.87. The number of carboxylic acids is 1. The van der Waals surface area contributed by atoms with Crippen LogP contribution in [-0.2, 0) is 32.6 Å². The molecule has 166 valence electrons. The van der Waals surface area contributed by atoms with Crippen LogP contribution in [0.1, 0.15) is 42.9 Å². The van der Waals surface area contributed by atoms with Gasteiger partial charge in [0.15, 0.2) is 0 Å².